The Bertz CT molecular complexity index is 484. The minimum Gasteiger partial charge on any atom is -0.481 e. The third kappa shape index (κ3) is 2.74. The summed E-state index contributed by atoms with van der Waals surface area (Å²) in [6.45, 7) is 5.08. The van der Waals surface area contributed by atoms with Crippen LogP contribution in [0.4, 0.5) is 0 Å². The molecule has 5 heteroatoms. The Hall–Kier alpha value is -1.33. The van der Waals surface area contributed by atoms with Gasteiger partial charge in [0.2, 0.25) is 0 Å². The number of aliphatic carboxylic acids is 1. The van der Waals surface area contributed by atoms with E-state index in [9.17, 15) is 4.79 Å². The summed E-state index contributed by atoms with van der Waals surface area (Å²) in [5.41, 5.74) is 0. The van der Waals surface area contributed by atoms with E-state index in [0.717, 1.165) is 37.5 Å². The topological polar surface area (TPSA) is 62.9 Å². The number of rotatable bonds is 5. The van der Waals surface area contributed by atoms with E-state index < -0.39 is 5.97 Å². The molecule has 0 aromatic carbocycles. The smallest absolute Gasteiger partial charge is 0.306 e. The van der Waals surface area contributed by atoms with Gasteiger partial charge in [-0.15, -0.1) is 0 Å². The van der Waals surface area contributed by atoms with Crippen molar-refractivity contribution in [3.63, 3.8) is 0 Å². The average molecular weight is 279 g/mol. The zero-order chi connectivity index (χ0) is 14.1. The van der Waals surface area contributed by atoms with Crippen molar-refractivity contribution in [2.24, 2.45) is 11.8 Å². The summed E-state index contributed by atoms with van der Waals surface area (Å²) in [5.74, 6) is 1.40. The van der Waals surface area contributed by atoms with E-state index in [1.807, 2.05) is 12.1 Å². The van der Waals surface area contributed by atoms with Crippen LogP contribution in [-0.2, 0) is 16.0 Å². The minimum absolute atomic E-state index is 0.124. The number of carboxylic acid groups (broad SMARTS) is 1. The highest BCUT2D eigenvalue weighted by atomic mass is 16.5. The maximum Gasteiger partial charge on any atom is 0.306 e. The molecule has 1 N–H and O–H groups in total. The summed E-state index contributed by atoms with van der Waals surface area (Å²) >= 11 is 0. The molecule has 1 saturated carbocycles. The first-order chi connectivity index (χ1) is 9.69. The fourth-order valence-corrected chi connectivity index (χ4v) is 2.94. The Labute approximate surface area is 118 Å². The van der Waals surface area contributed by atoms with E-state index >= 15 is 0 Å². The van der Waals surface area contributed by atoms with Gasteiger partial charge in [0.05, 0.1) is 25.2 Å². The molecule has 110 valence electrons. The molecule has 0 spiro atoms. The van der Waals surface area contributed by atoms with E-state index in [2.05, 4.69) is 11.8 Å². The highest BCUT2D eigenvalue weighted by Crippen LogP contribution is 2.41. The normalized spacial score (nSPS) is 30.4. The third-order valence-electron chi connectivity index (χ3n) is 4.31. The Morgan fingerprint density at radius 1 is 1.50 bits per heavy atom. The van der Waals surface area contributed by atoms with E-state index in [-0.39, 0.29) is 17.9 Å². The van der Waals surface area contributed by atoms with Gasteiger partial charge in [-0.1, -0.05) is 6.92 Å². The second kappa shape index (κ2) is 5.58. The lowest BCUT2D eigenvalue weighted by Gasteiger charge is -2.34. The number of hydrogen-bond donors (Lipinski definition) is 1. The van der Waals surface area contributed by atoms with Crippen LogP contribution < -0.4 is 0 Å². The van der Waals surface area contributed by atoms with E-state index in [4.69, 9.17) is 14.3 Å². The molecule has 1 saturated heterocycles. The lowest BCUT2D eigenvalue weighted by molar-refractivity contribution is -0.139. The molecule has 1 aliphatic carbocycles. The van der Waals surface area contributed by atoms with Crippen molar-refractivity contribution in [1.29, 1.82) is 0 Å². The van der Waals surface area contributed by atoms with Crippen molar-refractivity contribution in [2.45, 2.75) is 25.8 Å². The largest absolute Gasteiger partial charge is 0.481 e. The monoisotopic (exact) mass is 279 g/mol. The molecule has 1 unspecified atom stereocenters. The molecular formula is C15H21NO4. The van der Waals surface area contributed by atoms with Crippen LogP contribution >= 0.6 is 0 Å². The maximum atomic E-state index is 10.9. The summed E-state index contributed by atoms with van der Waals surface area (Å²) in [5, 5.41) is 9.01. The molecule has 1 aliphatic heterocycles. The molecule has 0 bridgehead atoms. The molecule has 1 aromatic rings. The van der Waals surface area contributed by atoms with Crippen LogP contribution in [0.25, 0.3) is 0 Å². The van der Waals surface area contributed by atoms with Gasteiger partial charge in [-0.3, -0.25) is 9.69 Å². The van der Waals surface area contributed by atoms with Gasteiger partial charge in [0.25, 0.3) is 0 Å². The number of carboxylic acids is 1. The van der Waals surface area contributed by atoms with Crippen molar-refractivity contribution in [3.8, 4) is 0 Å². The molecule has 2 fully saturated rings. The van der Waals surface area contributed by atoms with Gasteiger partial charge in [0.15, 0.2) is 0 Å². The van der Waals surface area contributed by atoms with Gasteiger partial charge in [0.1, 0.15) is 11.5 Å². The number of nitrogens with zero attached hydrogens (tertiary/aromatic N) is 1. The molecule has 0 amide bonds. The van der Waals surface area contributed by atoms with E-state index in [0.29, 0.717) is 13.2 Å². The summed E-state index contributed by atoms with van der Waals surface area (Å²) in [6.07, 6.45) is 1.69. The van der Waals surface area contributed by atoms with Crippen LogP contribution in [-0.4, -0.2) is 42.3 Å². The Morgan fingerprint density at radius 2 is 2.35 bits per heavy atom. The molecule has 3 rings (SSSR count). The van der Waals surface area contributed by atoms with Gasteiger partial charge in [0, 0.05) is 19.5 Å². The molecule has 0 radical (unpaired) electrons. The van der Waals surface area contributed by atoms with Gasteiger partial charge in [-0.25, -0.2) is 0 Å². The number of carbonyl (C=O) groups is 1. The van der Waals surface area contributed by atoms with Crippen molar-refractivity contribution in [1.82, 2.24) is 4.90 Å². The highest BCUT2D eigenvalue weighted by molar-refractivity contribution is 5.73. The molecular weight excluding hydrogens is 258 g/mol. The fourth-order valence-electron chi connectivity index (χ4n) is 2.94. The van der Waals surface area contributed by atoms with Crippen molar-refractivity contribution in [3.05, 3.63) is 23.7 Å². The summed E-state index contributed by atoms with van der Waals surface area (Å²) in [4.78, 5) is 13.3. The van der Waals surface area contributed by atoms with Gasteiger partial charge in [-0.05, 0) is 24.5 Å². The quantitative estimate of drug-likeness (QED) is 0.892. The SMILES string of the molecule is CCc1ccc(C2COCCN2C[C@@H]2C[C@H]2C(=O)O)o1. The first-order valence-electron chi connectivity index (χ1n) is 7.32. The summed E-state index contributed by atoms with van der Waals surface area (Å²) in [7, 11) is 0. The fraction of sp³-hybridized carbons (Fsp3) is 0.667. The van der Waals surface area contributed by atoms with E-state index in [1.165, 1.54) is 0 Å². The first kappa shape index (κ1) is 13.6. The van der Waals surface area contributed by atoms with E-state index in [1.54, 1.807) is 0 Å². The van der Waals surface area contributed by atoms with Crippen LogP contribution in [0.2, 0.25) is 0 Å². The predicted molar refractivity (Wildman–Crippen MR) is 72.5 cm³/mol. The number of ether oxygens (including phenoxy) is 1. The Morgan fingerprint density at radius 3 is 3.00 bits per heavy atom. The van der Waals surface area contributed by atoms with Crippen molar-refractivity contribution < 1.29 is 19.1 Å². The molecule has 20 heavy (non-hydrogen) atoms. The molecule has 3 atom stereocenters. The molecule has 2 heterocycles. The highest BCUT2D eigenvalue weighted by Gasteiger charge is 2.45. The summed E-state index contributed by atoms with van der Waals surface area (Å²) in [6, 6.07) is 4.16. The Kier molecular flexibility index (Phi) is 3.81. The van der Waals surface area contributed by atoms with Crippen LogP contribution in [0.3, 0.4) is 0 Å². The van der Waals surface area contributed by atoms with Crippen LogP contribution in [0.5, 0.6) is 0 Å². The zero-order valence-corrected chi connectivity index (χ0v) is 11.7. The lowest BCUT2D eigenvalue weighted by Crippen LogP contribution is -2.40. The Balaban J connectivity index is 1.66. The average Bonchev–Trinajstić information content (AvgIpc) is 3.06. The van der Waals surface area contributed by atoms with Crippen LogP contribution in [0.15, 0.2) is 16.5 Å². The number of hydrogen-bond acceptors (Lipinski definition) is 4. The molecule has 1 aromatic heterocycles. The standard InChI is InChI=1S/C15H21NO4/c1-2-11-3-4-14(20-11)13-9-19-6-5-16(13)8-10-7-12(10)15(17)18/h3-4,10,12-13H,2,5-9H2,1H3,(H,17,18)/t10-,12+,13?/m0/s1. The second-order valence-corrected chi connectivity index (χ2v) is 5.68. The number of aryl methyl sites for hydroxylation is 1. The van der Waals surface area contributed by atoms with Gasteiger partial charge >= 0.3 is 5.97 Å². The minimum atomic E-state index is -0.661. The first-order valence-corrected chi connectivity index (χ1v) is 7.32. The third-order valence-corrected chi connectivity index (χ3v) is 4.31. The molecule has 5 nitrogen and oxygen atoms in total. The van der Waals surface area contributed by atoms with Crippen LogP contribution in [0.1, 0.15) is 30.9 Å². The zero-order valence-electron chi connectivity index (χ0n) is 11.7. The molecule has 2 aliphatic rings. The van der Waals surface area contributed by atoms with Gasteiger partial charge < -0.3 is 14.3 Å². The lowest BCUT2D eigenvalue weighted by atomic mass is 10.1. The predicted octanol–water partition coefficient (Wildman–Crippen LogP) is 1.94. The second-order valence-electron chi connectivity index (χ2n) is 5.68. The number of morpholine rings is 1. The van der Waals surface area contributed by atoms with Crippen molar-refractivity contribution in [2.75, 3.05) is 26.3 Å². The van der Waals surface area contributed by atoms with Crippen molar-refractivity contribution >= 4 is 5.97 Å². The number of furan rings is 1. The van der Waals surface area contributed by atoms with Crippen LogP contribution in [0, 0.1) is 11.8 Å². The van der Waals surface area contributed by atoms with Gasteiger partial charge in [-0.2, -0.15) is 0 Å². The maximum absolute atomic E-state index is 10.9. The summed E-state index contributed by atoms with van der Waals surface area (Å²) < 4.78 is 11.4.